The maximum absolute atomic E-state index is 12.5. The third-order valence-corrected chi connectivity index (χ3v) is 3.95. The van der Waals surface area contributed by atoms with Crippen molar-refractivity contribution in [1.29, 1.82) is 0 Å². The van der Waals surface area contributed by atoms with Crippen LogP contribution in [0.3, 0.4) is 0 Å². The van der Waals surface area contributed by atoms with E-state index >= 15 is 0 Å². The fourth-order valence-corrected chi connectivity index (χ4v) is 2.54. The highest BCUT2D eigenvalue weighted by molar-refractivity contribution is 7.99. The second-order valence-corrected chi connectivity index (χ2v) is 5.68. The van der Waals surface area contributed by atoms with Crippen LogP contribution >= 0.6 is 11.8 Å². The van der Waals surface area contributed by atoms with Crippen molar-refractivity contribution < 1.29 is 8.78 Å². The van der Waals surface area contributed by atoms with Crippen LogP contribution in [-0.4, -0.2) is 5.76 Å². The number of aryl methyl sites for hydroxylation is 2. The highest BCUT2D eigenvalue weighted by atomic mass is 32.2. The van der Waals surface area contributed by atoms with Gasteiger partial charge in [0.2, 0.25) is 0 Å². The van der Waals surface area contributed by atoms with Crippen LogP contribution in [0.5, 0.6) is 0 Å². The van der Waals surface area contributed by atoms with Crippen LogP contribution in [-0.2, 0) is 6.54 Å². The number of anilines is 1. The summed E-state index contributed by atoms with van der Waals surface area (Å²) in [5.74, 6) is -2.40. The maximum Gasteiger partial charge on any atom is 0.288 e. The predicted octanol–water partition coefficient (Wildman–Crippen LogP) is 5.23. The van der Waals surface area contributed by atoms with Crippen molar-refractivity contribution in [3.63, 3.8) is 0 Å². The van der Waals surface area contributed by atoms with Crippen LogP contribution in [0.25, 0.3) is 0 Å². The number of hydrogen-bond donors (Lipinski definition) is 1. The number of para-hydroxylation sites is 1. The van der Waals surface area contributed by atoms with Gasteiger partial charge in [0.25, 0.3) is 5.76 Å². The normalized spacial score (nSPS) is 10.8. The van der Waals surface area contributed by atoms with Crippen LogP contribution in [0.1, 0.15) is 16.7 Å². The first-order chi connectivity index (χ1) is 9.56. The molecule has 106 valence electrons. The summed E-state index contributed by atoms with van der Waals surface area (Å²) in [5.41, 5.74) is 4.38. The molecule has 20 heavy (non-hydrogen) atoms. The van der Waals surface area contributed by atoms with Crippen molar-refractivity contribution >= 4 is 17.4 Å². The molecule has 0 unspecified atom stereocenters. The number of alkyl halides is 2. The van der Waals surface area contributed by atoms with E-state index in [0.717, 1.165) is 11.3 Å². The van der Waals surface area contributed by atoms with E-state index in [9.17, 15) is 8.78 Å². The molecule has 0 aliphatic heterocycles. The van der Waals surface area contributed by atoms with Gasteiger partial charge in [-0.3, -0.25) is 0 Å². The number of hydrogen-bond acceptors (Lipinski definition) is 2. The topological polar surface area (TPSA) is 12.0 Å². The lowest BCUT2D eigenvalue weighted by atomic mass is 10.1. The Balaban J connectivity index is 2.08. The zero-order valence-electron chi connectivity index (χ0n) is 11.5. The van der Waals surface area contributed by atoms with Crippen molar-refractivity contribution in [3.05, 3.63) is 59.2 Å². The second-order valence-electron chi connectivity index (χ2n) is 4.65. The van der Waals surface area contributed by atoms with E-state index in [1.54, 1.807) is 12.1 Å². The third kappa shape index (κ3) is 3.97. The molecule has 4 heteroatoms. The summed E-state index contributed by atoms with van der Waals surface area (Å²) in [6, 6.07) is 13.4. The molecule has 0 aliphatic rings. The molecule has 0 fully saturated rings. The molecule has 2 aromatic carbocycles. The lowest BCUT2D eigenvalue weighted by molar-refractivity contribution is 0.252. The van der Waals surface area contributed by atoms with Gasteiger partial charge in [0.1, 0.15) is 0 Å². The van der Waals surface area contributed by atoms with Crippen LogP contribution in [0, 0.1) is 13.8 Å². The quantitative estimate of drug-likeness (QED) is 0.757. The minimum atomic E-state index is -2.40. The van der Waals surface area contributed by atoms with Crippen LogP contribution < -0.4 is 5.32 Å². The number of nitrogens with one attached hydrogen (secondary N) is 1. The molecule has 0 saturated heterocycles. The first kappa shape index (κ1) is 14.9. The van der Waals surface area contributed by atoms with Gasteiger partial charge in [-0.25, -0.2) is 0 Å². The fraction of sp³-hybridized carbons (Fsp3) is 0.250. The Morgan fingerprint density at radius 3 is 2.50 bits per heavy atom. The molecule has 0 saturated carbocycles. The molecule has 0 aliphatic carbocycles. The minimum absolute atomic E-state index is 0.570. The number of benzene rings is 2. The van der Waals surface area contributed by atoms with Gasteiger partial charge < -0.3 is 5.32 Å². The maximum atomic E-state index is 12.5. The van der Waals surface area contributed by atoms with E-state index in [2.05, 4.69) is 37.4 Å². The second kappa shape index (κ2) is 6.75. The van der Waals surface area contributed by atoms with Crippen molar-refractivity contribution in [2.75, 3.05) is 5.32 Å². The van der Waals surface area contributed by atoms with Crippen molar-refractivity contribution in [2.45, 2.75) is 31.0 Å². The molecule has 0 bridgehead atoms. The Hall–Kier alpha value is -1.55. The standard InChI is InChI=1S/C16H17F2NS/c1-11-7-8-13(9-12(11)2)10-19-14-5-3-4-6-15(14)20-16(17)18/h3-9,16,19H,10H2,1-2H3. The molecule has 0 radical (unpaired) electrons. The minimum Gasteiger partial charge on any atom is -0.380 e. The van der Waals surface area contributed by atoms with Gasteiger partial charge in [-0.2, -0.15) is 8.78 Å². The summed E-state index contributed by atoms with van der Waals surface area (Å²) in [7, 11) is 0. The molecule has 1 nitrogen and oxygen atoms in total. The predicted molar refractivity (Wildman–Crippen MR) is 81.5 cm³/mol. The Morgan fingerprint density at radius 2 is 1.80 bits per heavy atom. The van der Waals surface area contributed by atoms with Crippen molar-refractivity contribution in [1.82, 2.24) is 0 Å². The van der Waals surface area contributed by atoms with Crippen LogP contribution in [0.4, 0.5) is 14.5 Å². The zero-order chi connectivity index (χ0) is 14.5. The highest BCUT2D eigenvalue weighted by Crippen LogP contribution is 2.31. The van der Waals surface area contributed by atoms with Gasteiger partial charge in [0.05, 0.1) is 0 Å². The molecule has 0 heterocycles. The van der Waals surface area contributed by atoms with Gasteiger partial charge in [-0.1, -0.05) is 42.1 Å². The Bertz CT molecular complexity index is 584. The van der Waals surface area contributed by atoms with Crippen LogP contribution in [0.2, 0.25) is 0 Å². The zero-order valence-corrected chi connectivity index (χ0v) is 12.3. The van der Waals surface area contributed by atoms with Gasteiger partial charge in [0.15, 0.2) is 0 Å². The number of thioether (sulfide) groups is 1. The summed E-state index contributed by atoms with van der Waals surface area (Å²) in [6.07, 6.45) is 0. The number of rotatable bonds is 5. The number of halogens is 2. The average molecular weight is 293 g/mol. The fourth-order valence-electron chi connectivity index (χ4n) is 1.92. The van der Waals surface area contributed by atoms with E-state index in [1.807, 2.05) is 12.1 Å². The summed E-state index contributed by atoms with van der Waals surface area (Å²) in [6.45, 7) is 4.77. The summed E-state index contributed by atoms with van der Waals surface area (Å²) >= 11 is 0.570. The first-order valence-corrected chi connectivity index (χ1v) is 7.28. The molecular formula is C16H17F2NS. The van der Waals surface area contributed by atoms with E-state index in [-0.39, 0.29) is 0 Å². The summed E-state index contributed by atoms with van der Waals surface area (Å²) in [5, 5.41) is 3.23. The molecule has 0 atom stereocenters. The highest BCUT2D eigenvalue weighted by Gasteiger charge is 2.09. The van der Waals surface area contributed by atoms with Crippen molar-refractivity contribution in [3.8, 4) is 0 Å². The average Bonchev–Trinajstić information content (AvgIpc) is 2.41. The lowest BCUT2D eigenvalue weighted by Gasteiger charge is -2.12. The molecular weight excluding hydrogens is 276 g/mol. The van der Waals surface area contributed by atoms with E-state index < -0.39 is 5.76 Å². The van der Waals surface area contributed by atoms with E-state index in [0.29, 0.717) is 23.2 Å². The third-order valence-electron chi connectivity index (χ3n) is 3.16. The summed E-state index contributed by atoms with van der Waals surface area (Å²) in [4.78, 5) is 0.575. The van der Waals surface area contributed by atoms with Gasteiger partial charge in [-0.05, 0) is 42.7 Å². The van der Waals surface area contributed by atoms with Crippen LogP contribution in [0.15, 0.2) is 47.4 Å². The Kier molecular flexibility index (Phi) is 5.01. The Labute approximate surface area is 122 Å². The van der Waals surface area contributed by atoms with Gasteiger partial charge in [0, 0.05) is 17.1 Å². The monoisotopic (exact) mass is 293 g/mol. The lowest BCUT2D eigenvalue weighted by Crippen LogP contribution is -2.01. The molecule has 1 N–H and O–H groups in total. The van der Waals surface area contributed by atoms with E-state index in [4.69, 9.17) is 0 Å². The smallest absolute Gasteiger partial charge is 0.288 e. The summed E-state index contributed by atoms with van der Waals surface area (Å²) < 4.78 is 25.0. The molecule has 0 aromatic heterocycles. The molecule has 0 spiro atoms. The van der Waals surface area contributed by atoms with Gasteiger partial charge in [-0.15, -0.1) is 0 Å². The molecule has 2 aromatic rings. The molecule has 0 amide bonds. The van der Waals surface area contributed by atoms with E-state index in [1.165, 1.54) is 11.1 Å². The Morgan fingerprint density at radius 1 is 1.05 bits per heavy atom. The molecule has 2 rings (SSSR count). The SMILES string of the molecule is Cc1ccc(CNc2ccccc2SC(F)F)cc1C. The first-order valence-electron chi connectivity index (χ1n) is 6.40. The largest absolute Gasteiger partial charge is 0.380 e. The van der Waals surface area contributed by atoms with Crippen molar-refractivity contribution in [2.24, 2.45) is 0 Å². The van der Waals surface area contributed by atoms with Gasteiger partial charge >= 0.3 is 0 Å².